The van der Waals surface area contributed by atoms with Gasteiger partial charge in [0.15, 0.2) is 0 Å². The molecule has 2 heteroatoms. The molecule has 0 aliphatic rings. The second-order valence-corrected chi connectivity index (χ2v) is 14.9. The maximum Gasteiger partial charge on any atom is 0.00618 e. The third-order valence-electron chi connectivity index (χ3n) is 10.2. The molecule has 1 aromatic rings. The first-order chi connectivity index (χ1) is 18.9. The Morgan fingerprint density at radius 3 is 1.27 bits per heavy atom. The van der Waals surface area contributed by atoms with Gasteiger partial charge in [0.1, 0.15) is 0 Å². The van der Waals surface area contributed by atoms with Gasteiger partial charge in [0.05, 0.1) is 0 Å². The average Bonchev–Trinajstić information content (AvgIpc) is 2.92. The molecule has 2 nitrogen and oxygen atoms in total. The van der Waals surface area contributed by atoms with Crippen LogP contribution in [0.15, 0.2) is 24.3 Å². The third kappa shape index (κ3) is 14.9. The molecule has 0 aliphatic heterocycles. The summed E-state index contributed by atoms with van der Waals surface area (Å²) in [5, 5.41) is 0. The topological polar surface area (TPSA) is 52.0 Å². The van der Waals surface area contributed by atoms with Crippen LogP contribution in [0.2, 0.25) is 0 Å². The van der Waals surface area contributed by atoms with Crippen molar-refractivity contribution in [1.29, 1.82) is 0 Å². The van der Waals surface area contributed by atoms with Gasteiger partial charge >= 0.3 is 0 Å². The highest BCUT2D eigenvalue weighted by atomic mass is 14.6. The molecule has 0 heterocycles. The van der Waals surface area contributed by atoms with E-state index in [0.717, 1.165) is 0 Å². The van der Waals surface area contributed by atoms with Gasteiger partial charge in [-0.15, -0.1) is 0 Å². The average molecular weight is 557 g/mol. The summed E-state index contributed by atoms with van der Waals surface area (Å²) in [4.78, 5) is 0. The molecule has 0 fully saturated rings. The summed E-state index contributed by atoms with van der Waals surface area (Å²) in [6.45, 7) is 18.7. The number of hydrogen-bond donors (Lipinski definition) is 2. The van der Waals surface area contributed by atoms with E-state index < -0.39 is 0 Å². The molecular formula is C38H72N2. The highest BCUT2D eigenvalue weighted by Crippen LogP contribution is 2.36. The minimum Gasteiger partial charge on any atom is -0.327 e. The number of rotatable bonds is 24. The van der Waals surface area contributed by atoms with Crippen molar-refractivity contribution in [3.63, 3.8) is 0 Å². The molecule has 0 aliphatic carbocycles. The molecule has 3 atom stereocenters. The van der Waals surface area contributed by atoms with Crippen molar-refractivity contribution in [1.82, 2.24) is 0 Å². The van der Waals surface area contributed by atoms with Crippen LogP contribution in [0.1, 0.15) is 182 Å². The summed E-state index contributed by atoms with van der Waals surface area (Å²) in [6.07, 6.45) is 23.8. The number of nitrogens with two attached hydrogens (primary N) is 2. The molecule has 0 aromatic heterocycles. The largest absolute Gasteiger partial charge is 0.327 e. The minimum atomic E-state index is 0.257. The molecule has 0 amide bonds. The van der Waals surface area contributed by atoms with Crippen LogP contribution in [0.3, 0.4) is 0 Å². The molecule has 40 heavy (non-hydrogen) atoms. The van der Waals surface area contributed by atoms with Gasteiger partial charge < -0.3 is 11.5 Å². The van der Waals surface area contributed by atoms with E-state index in [1.165, 1.54) is 127 Å². The van der Waals surface area contributed by atoms with E-state index in [2.05, 4.69) is 79.7 Å². The Labute approximate surface area is 252 Å². The zero-order valence-corrected chi connectivity index (χ0v) is 28.5. The summed E-state index contributed by atoms with van der Waals surface area (Å²) >= 11 is 0. The van der Waals surface area contributed by atoms with Crippen LogP contribution in [0.5, 0.6) is 0 Å². The maximum absolute atomic E-state index is 6.19. The van der Waals surface area contributed by atoms with Crippen LogP contribution in [-0.2, 0) is 10.8 Å². The van der Waals surface area contributed by atoms with Crippen LogP contribution in [0.25, 0.3) is 0 Å². The predicted molar refractivity (Wildman–Crippen MR) is 181 cm³/mol. The Morgan fingerprint density at radius 2 is 0.875 bits per heavy atom. The predicted octanol–water partition coefficient (Wildman–Crippen LogP) is 11.2. The summed E-state index contributed by atoms with van der Waals surface area (Å²) in [6, 6.07) is 10.5. The highest BCUT2D eigenvalue weighted by Gasteiger charge is 2.26. The smallest absolute Gasteiger partial charge is 0.00618 e. The van der Waals surface area contributed by atoms with E-state index in [0.29, 0.717) is 29.3 Å². The van der Waals surface area contributed by atoms with E-state index in [9.17, 15) is 0 Å². The zero-order valence-electron chi connectivity index (χ0n) is 28.5. The Kier molecular flexibility index (Phi) is 18.7. The number of hydrogen-bond acceptors (Lipinski definition) is 2. The van der Waals surface area contributed by atoms with Crippen LogP contribution >= 0.6 is 0 Å². The SMILES string of the molecule is CCC(C)(CCCCCCCCC(N)C(C)C)c1ccc(C(C)(C)CCCCCCCCCC(N)C(C)C)cc1. The fraction of sp³-hybridized carbons (Fsp3) is 0.842. The Morgan fingerprint density at radius 1 is 0.525 bits per heavy atom. The standard InChI is InChI=1S/C38H72N2/c1-9-38(8,30-22-18-14-12-16-20-24-36(40)32(4)5)34-27-25-33(26-28-34)37(6,7)29-21-17-13-10-11-15-19-23-35(39)31(2)3/h25-28,31-32,35-36H,9-24,29-30,39-40H2,1-8H3. The van der Waals surface area contributed by atoms with Crippen molar-refractivity contribution in [2.45, 2.75) is 194 Å². The van der Waals surface area contributed by atoms with Crippen molar-refractivity contribution in [3.8, 4) is 0 Å². The lowest BCUT2D eigenvalue weighted by molar-refractivity contribution is 0.391. The molecule has 0 radical (unpaired) electrons. The van der Waals surface area contributed by atoms with Crippen molar-refractivity contribution < 1.29 is 0 Å². The first-order valence-electron chi connectivity index (χ1n) is 17.5. The first kappa shape index (κ1) is 37.2. The van der Waals surface area contributed by atoms with Gasteiger partial charge in [-0.05, 0) is 65.9 Å². The van der Waals surface area contributed by atoms with Gasteiger partial charge in [-0.1, -0.05) is 163 Å². The fourth-order valence-electron chi connectivity index (χ4n) is 6.09. The number of unbranched alkanes of at least 4 members (excludes halogenated alkanes) is 11. The molecule has 0 spiro atoms. The molecule has 4 N–H and O–H groups in total. The fourth-order valence-corrected chi connectivity index (χ4v) is 6.09. The Balaban J connectivity index is 2.32. The van der Waals surface area contributed by atoms with Gasteiger partial charge in [-0.3, -0.25) is 0 Å². The summed E-state index contributed by atoms with van der Waals surface area (Å²) < 4.78 is 0. The van der Waals surface area contributed by atoms with Crippen molar-refractivity contribution >= 4 is 0 Å². The lowest BCUT2D eigenvalue weighted by Gasteiger charge is -2.31. The summed E-state index contributed by atoms with van der Waals surface area (Å²) in [7, 11) is 0. The van der Waals surface area contributed by atoms with E-state index in [1.807, 2.05) is 0 Å². The molecule has 3 unspecified atom stereocenters. The van der Waals surface area contributed by atoms with E-state index in [1.54, 1.807) is 0 Å². The molecule has 0 bridgehead atoms. The Hall–Kier alpha value is -0.860. The normalized spacial score (nSPS) is 15.5. The van der Waals surface area contributed by atoms with Gasteiger partial charge in [0.25, 0.3) is 0 Å². The second-order valence-electron chi connectivity index (χ2n) is 14.9. The molecule has 1 rings (SSSR count). The lowest BCUT2D eigenvalue weighted by Crippen LogP contribution is -2.25. The summed E-state index contributed by atoms with van der Waals surface area (Å²) in [5.41, 5.74) is 16.0. The van der Waals surface area contributed by atoms with Crippen molar-refractivity contribution in [2.24, 2.45) is 23.3 Å². The van der Waals surface area contributed by atoms with Gasteiger partial charge in [-0.2, -0.15) is 0 Å². The third-order valence-corrected chi connectivity index (χ3v) is 10.2. The Bertz CT molecular complexity index is 734. The molecule has 0 saturated heterocycles. The van der Waals surface area contributed by atoms with E-state index in [4.69, 9.17) is 11.5 Å². The first-order valence-corrected chi connectivity index (χ1v) is 17.5. The lowest BCUT2D eigenvalue weighted by atomic mass is 9.74. The van der Waals surface area contributed by atoms with Gasteiger partial charge in [-0.25, -0.2) is 0 Å². The monoisotopic (exact) mass is 557 g/mol. The van der Waals surface area contributed by atoms with Crippen molar-refractivity contribution in [2.75, 3.05) is 0 Å². The van der Waals surface area contributed by atoms with Gasteiger partial charge in [0, 0.05) is 12.1 Å². The van der Waals surface area contributed by atoms with Crippen LogP contribution < -0.4 is 11.5 Å². The molecular weight excluding hydrogens is 484 g/mol. The zero-order chi connectivity index (χ0) is 30.0. The molecule has 0 saturated carbocycles. The quantitative estimate of drug-likeness (QED) is 0.124. The van der Waals surface area contributed by atoms with E-state index >= 15 is 0 Å². The maximum atomic E-state index is 6.19. The van der Waals surface area contributed by atoms with Crippen LogP contribution in [0, 0.1) is 11.8 Å². The molecule has 234 valence electrons. The van der Waals surface area contributed by atoms with E-state index in [-0.39, 0.29) is 5.41 Å². The summed E-state index contributed by atoms with van der Waals surface area (Å²) in [5.74, 6) is 1.23. The highest BCUT2D eigenvalue weighted by molar-refractivity contribution is 5.32. The van der Waals surface area contributed by atoms with Crippen LogP contribution in [0.4, 0.5) is 0 Å². The minimum absolute atomic E-state index is 0.257. The van der Waals surface area contributed by atoms with Crippen LogP contribution in [-0.4, -0.2) is 12.1 Å². The van der Waals surface area contributed by atoms with Crippen molar-refractivity contribution in [3.05, 3.63) is 35.4 Å². The second kappa shape index (κ2) is 20.1. The molecule has 1 aromatic carbocycles. The van der Waals surface area contributed by atoms with Gasteiger partial charge in [0.2, 0.25) is 0 Å². The number of benzene rings is 1.